The highest BCUT2D eigenvalue weighted by Gasteiger charge is 2.29. The Morgan fingerprint density at radius 2 is 1.62 bits per heavy atom. The molecule has 138 valence electrons. The lowest BCUT2D eigenvalue weighted by atomic mass is 9.85. The minimum absolute atomic E-state index is 0.159. The summed E-state index contributed by atoms with van der Waals surface area (Å²) < 4.78 is 5.54. The number of anilines is 1. The Bertz CT molecular complexity index is 762. The van der Waals surface area contributed by atoms with Crippen LogP contribution in [0.1, 0.15) is 49.2 Å². The monoisotopic (exact) mass is 355 g/mol. The average Bonchev–Trinajstić information content (AvgIpc) is 2.60. The van der Waals surface area contributed by atoms with E-state index in [1.54, 1.807) is 50.2 Å². The van der Waals surface area contributed by atoms with E-state index in [0.717, 1.165) is 5.56 Å². The summed E-state index contributed by atoms with van der Waals surface area (Å²) in [5.41, 5.74) is 1.88. The van der Waals surface area contributed by atoms with E-state index in [-0.39, 0.29) is 12.0 Å². The average molecular weight is 355 g/mol. The Kier molecular flexibility index (Phi) is 6.16. The number of nitrogens with one attached hydrogen (secondary N) is 1. The summed E-state index contributed by atoms with van der Waals surface area (Å²) in [7, 11) is 0. The summed E-state index contributed by atoms with van der Waals surface area (Å²) in [6.07, 6.45) is 0.159. The minimum atomic E-state index is -0.976. The molecule has 0 aliphatic rings. The van der Waals surface area contributed by atoms with Crippen LogP contribution in [0.2, 0.25) is 0 Å². The molecule has 2 aromatic carbocycles. The molecule has 1 amide bonds. The van der Waals surface area contributed by atoms with Gasteiger partial charge in [0.05, 0.1) is 18.1 Å². The zero-order valence-electron chi connectivity index (χ0n) is 15.6. The van der Waals surface area contributed by atoms with Gasteiger partial charge in [0.2, 0.25) is 0 Å². The Morgan fingerprint density at radius 3 is 2.12 bits per heavy atom. The first kappa shape index (κ1) is 19.7. The number of aliphatic carboxylic acids is 1. The van der Waals surface area contributed by atoms with Gasteiger partial charge in [0.25, 0.3) is 5.91 Å². The fourth-order valence-corrected chi connectivity index (χ4v) is 2.31. The second-order valence-corrected chi connectivity index (χ2v) is 7.02. The van der Waals surface area contributed by atoms with Gasteiger partial charge < -0.3 is 15.2 Å². The zero-order valence-corrected chi connectivity index (χ0v) is 15.6. The van der Waals surface area contributed by atoms with Crippen molar-refractivity contribution in [1.82, 2.24) is 0 Å². The topological polar surface area (TPSA) is 75.6 Å². The van der Waals surface area contributed by atoms with Gasteiger partial charge in [-0.3, -0.25) is 9.59 Å². The van der Waals surface area contributed by atoms with Gasteiger partial charge >= 0.3 is 5.97 Å². The lowest BCUT2D eigenvalue weighted by molar-refractivity contribution is -0.142. The van der Waals surface area contributed by atoms with Crippen LogP contribution >= 0.6 is 0 Å². The fourth-order valence-electron chi connectivity index (χ4n) is 2.31. The van der Waals surface area contributed by atoms with Gasteiger partial charge in [-0.2, -0.15) is 0 Å². The van der Waals surface area contributed by atoms with Gasteiger partial charge in [0.15, 0.2) is 0 Å². The predicted molar refractivity (Wildman–Crippen MR) is 101 cm³/mol. The van der Waals surface area contributed by atoms with Gasteiger partial charge in [-0.15, -0.1) is 0 Å². The number of ether oxygens (including phenoxy) is 1. The molecule has 0 aromatic heterocycles. The van der Waals surface area contributed by atoms with Crippen molar-refractivity contribution in [3.05, 3.63) is 65.2 Å². The number of carboxylic acid groups (broad SMARTS) is 1. The quantitative estimate of drug-likeness (QED) is 0.779. The van der Waals surface area contributed by atoms with Crippen LogP contribution in [0.3, 0.4) is 0 Å². The zero-order chi connectivity index (χ0) is 19.3. The third-order valence-corrected chi connectivity index (χ3v) is 4.20. The largest absolute Gasteiger partial charge is 0.481 e. The van der Waals surface area contributed by atoms with Crippen molar-refractivity contribution in [2.75, 3.05) is 5.32 Å². The molecule has 0 fully saturated rings. The van der Waals surface area contributed by atoms with Crippen molar-refractivity contribution in [2.24, 2.45) is 0 Å². The third kappa shape index (κ3) is 4.92. The van der Waals surface area contributed by atoms with Crippen molar-refractivity contribution in [2.45, 2.75) is 45.8 Å². The Morgan fingerprint density at radius 1 is 1.04 bits per heavy atom. The minimum Gasteiger partial charge on any atom is -0.481 e. The number of carbonyl (C=O) groups is 2. The summed E-state index contributed by atoms with van der Waals surface area (Å²) in [6, 6.07) is 14.1. The van der Waals surface area contributed by atoms with E-state index >= 15 is 0 Å². The number of benzene rings is 2. The van der Waals surface area contributed by atoms with Crippen LogP contribution < -0.4 is 5.32 Å². The molecule has 2 N–H and O–H groups in total. The molecule has 5 heteroatoms. The highest BCUT2D eigenvalue weighted by molar-refractivity contribution is 6.04. The Hall–Kier alpha value is -2.66. The van der Waals surface area contributed by atoms with E-state index < -0.39 is 11.4 Å². The molecule has 0 saturated carbocycles. The molecule has 0 spiro atoms. The van der Waals surface area contributed by atoms with Crippen LogP contribution in [0.25, 0.3) is 0 Å². The van der Waals surface area contributed by atoms with Crippen LogP contribution in [0.4, 0.5) is 5.69 Å². The van der Waals surface area contributed by atoms with E-state index in [0.29, 0.717) is 23.4 Å². The maximum absolute atomic E-state index is 12.3. The van der Waals surface area contributed by atoms with Crippen LogP contribution in [-0.2, 0) is 21.6 Å². The first-order chi connectivity index (χ1) is 12.2. The van der Waals surface area contributed by atoms with Crippen molar-refractivity contribution in [3.8, 4) is 0 Å². The van der Waals surface area contributed by atoms with Crippen molar-refractivity contribution in [1.29, 1.82) is 0 Å². The number of amides is 1. The molecule has 2 rings (SSSR count). The standard InChI is InChI=1S/C21H25NO4/c1-14(2)26-13-15-5-7-16(8-6-15)19(23)22-18-11-9-17(10-12-18)21(3,4)20(24)25/h5-12,14H,13H2,1-4H3,(H,22,23)(H,24,25). The normalized spacial score (nSPS) is 11.4. The molecule has 5 nitrogen and oxygen atoms in total. The molecule has 0 aliphatic heterocycles. The number of hydrogen-bond acceptors (Lipinski definition) is 3. The molecule has 0 heterocycles. The predicted octanol–water partition coefficient (Wildman–Crippen LogP) is 4.23. The molecule has 0 unspecified atom stereocenters. The molecule has 26 heavy (non-hydrogen) atoms. The Balaban J connectivity index is 2.02. The SMILES string of the molecule is CC(C)OCc1ccc(C(=O)Nc2ccc(C(C)(C)C(=O)O)cc2)cc1. The summed E-state index contributed by atoms with van der Waals surface area (Å²) >= 11 is 0. The van der Waals surface area contributed by atoms with Crippen LogP contribution in [0.5, 0.6) is 0 Å². The number of rotatable bonds is 7. The van der Waals surface area contributed by atoms with Crippen molar-refractivity contribution >= 4 is 17.6 Å². The van der Waals surface area contributed by atoms with E-state index in [4.69, 9.17) is 4.74 Å². The number of carboxylic acids is 1. The summed E-state index contributed by atoms with van der Waals surface area (Å²) in [5.74, 6) is -1.11. The first-order valence-electron chi connectivity index (χ1n) is 8.56. The molecule has 2 aromatic rings. The first-order valence-corrected chi connectivity index (χ1v) is 8.56. The van der Waals surface area contributed by atoms with E-state index in [1.807, 2.05) is 26.0 Å². The smallest absolute Gasteiger partial charge is 0.313 e. The molecular weight excluding hydrogens is 330 g/mol. The Labute approximate surface area is 154 Å². The molecule has 0 radical (unpaired) electrons. The highest BCUT2D eigenvalue weighted by atomic mass is 16.5. The van der Waals surface area contributed by atoms with Gasteiger partial charge in [0, 0.05) is 11.3 Å². The van der Waals surface area contributed by atoms with Gasteiger partial charge in [-0.25, -0.2) is 0 Å². The molecule has 0 saturated heterocycles. The second-order valence-electron chi connectivity index (χ2n) is 7.02. The van der Waals surface area contributed by atoms with E-state index in [1.165, 1.54) is 0 Å². The summed E-state index contributed by atoms with van der Waals surface area (Å²) in [4.78, 5) is 23.6. The summed E-state index contributed by atoms with van der Waals surface area (Å²) in [6.45, 7) is 7.76. The second kappa shape index (κ2) is 8.15. The van der Waals surface area contributed by atoms with Gasteiger partial charge in [-0.05, 0) is 63.1 Å². The summed E-state index contributed by atoms with van der Waals surface area (Å²) in [5, 5.41) is 12.1. The van der Waals surface area contributed by atoms with E-state index in [9.17, 15) is 14.7 Å². The molecular formula is C21H25NO4. The maximum Gasteiger partial charge on any atom is 0.313 e. The number of carbonyl (C=O) groups excluding carboxylic acids is 1. The van der Waals surface area contributed by atoms with Crippen LogP contribution in [-0.4, -0.2) is 23.1 Å². The maximum atomic E-state index is 12.3. The van der Waals surface area contributed by atoms with Gasteiger partial charge in [0.1, 0.15) is 0 Å². The lowest BCUT2D eigenvalue weighted by Gasteiger charge is -2.19. The number of hydrogen-bond donors (Lipinski definition) is 2. The lowest BCUT2D eigenvalue weighted by Crippen LogP contribution is -2.28. The molecule has 0 aliphatic carbocycles. The third-order valence-electron chi connectivity index (χ3n) is 4.20. The molecule has 0 atom stereocenters. The van der Waals surface area contributed by atoms with E-state index in [2.05, 4.69) is 5.32 Å². The van der Waals surface area contributed by atoms with Crippen LogP contribution in [0.15, 0.2) is 48.5 Å². The van der Waals surface area contributed by atoms with Gasteiger partial charge in [-0.1, -0.05) is 24.3 Å². The molecule has 0 bridgehead atoms. The highest BCUT2D eigenvalue weighted by Crippen LogP contribution is 2.25. The fraction of sp³-hybridized carbons (Fsp3) is 0.333. The van der Waals surface area contributed by atoms with Crippen molar-refractivity contribution in [3.63, 3.8) is 0 Å². The van der Waals surface area contributed by atoms with Crippen molar-refractivity contribution < 1.29 is 19.4 Å². The van der Waals surface area contributed by atoms with Crippen LogP contribution in [0, 0.1) is 0 Å².